The number of nitrogens with one attached hydrogen (secondary N) is 2. The molecule has 1 aromatic heterocycles. The van der Waals surface area contributed by atoms with Crippen molar-refractivity contribution < 1.29 is 26.7 Å². The van der Waals surface area contributed by atoms with Crippen LogP contribution in [0.3, 0.4) is 0 Å². The summed E-state index contributed by atoms with van der Waals surface area (Å²) in [5.41, 5.74) is 6.11. The maximum atomic E-state index is 13.0. The number of aliphatic imine (C=N–C) groups is 1. The van der Waals surface area contributed by atoms with E-state index >= 15 is 0 Å². The molecule has 1 aliphatic carbocycles. The van der Waals surface area contributed by atoms with E-state index in [1.165, 1.54) is 11.8 Å². The summed E-state index contributed by atoms with van der Waals surface area (Å²) in [6.45, 7) is 7.40. The molecule has 0 aliphatic heterocycles. The number of hydrogen-bond donors (Lipinski definition) is 3. The molecular formula is C29H42F5N5O. The molecular weight excluding hydrogens is 529 g/mol. The fraction of sp³-hybridized carbons (Fsp3) is 0.621. The molecule has 4 N–H and O–H groups in total. The maximum Gasteiger partial charge on any atom is 0.419 e. The summed E-state index contributed by atoms with van der Waals surface area (Å²) in [6, 6.07) is 0.811. The highest BCUT2D eigenvalue weighted by molar-refractivity contribution is 5.78. The van der Waals surface area contributed by atoms with Crippen LogP contribution >= 0.6 is 0 Å². The number of alkyl halides is 5. The number of aromatic nitrogens is 1. The predicted molar refractivity (Wildman–Crippen MR) is 149 cm³/mol. The fourth-order valence-corrected chi connectivity index (χ4v) is 4.58. The number of carbonyl (C=O) groups excluding carboxylic acids is 1. The molecule has 1 amide bonds. The van der Waals surface area contributed by atoms with Crippen LogP contribution in [0.1, 0.15) is 64.0 Å². The summed E-state index contributed by atoms with van der Waals surface area (Å²) >= 11 is 0. The number of halogens is 5. The van der Waals surface area contributed by atoms with Gasteiger partial charge in [0.05, 0.1) is 18.7 Å². The van der Waals surface area contributed by atoms with Gasteiger partial charge in [-0.25, -0.2) is 13.8 Å². The Morgan fingerprint density at radius 1 is 1.27 bits per heavy atom. The minimum Gasteiger partial charge on any atom is -0.383 e. The van der Waals surface area contributed by atoms with Crippen LogP contribution < -0.4 is 16.4 Å². The quantitative estimate of drug-likeness (QED) is 0.0927. The molecule has 0 radical (unpaired) electrons. The van der Waals surface area contributed by atoms with E-state index in [9.17, 15) is 26.7 Å². The third-order valence-electron chi connectivity index (χ3n) is 7.19. The van der Waals surface area contributed by atoms with E-state index in [1.54, 1.807) is 18.4 Å². The van der Waals surface area contributed by atoms with Crippen molar-refractivity contribution in [3.05, 3.63) is 47.2 Å². The Labute approximate surface area is 233 Å². The average Bonchev–Trinajstić information content (AvgIpc) is 3.48. The minimum atomic E-state index is -4.56. The maximum absolute atomic E-state index is 13.0. The third kappa shape index (κ3) is 12.1. The second kappa shape index (κ2) is 16.4. The Morgan fingerprint density at radius 3 is 2.70 bits per heavy atom. The Balaban J connectivity index is 1.90. The van der Waals surface area contributed by atoms with Crippen LogP contribution in [0.5, 0.6) is 0 Å². The molecule has 4 atom stereocenters. The van der Waals surface area contributed by atoms with Gasteiger partial charge in [-0.15, -0.1) is 0 Å². The lowest BCUT2D eigenvalue weighted by Crippen LogP contribution is -2.42. The molecule has 224 valence electrons. The smallest absolute Gasteiger partial charge is 0.383 e. The van der Waals surface area contributed by atoms with E-state index in [0.29, 0.717) is 49.2 Å². The molecule has 1 unspecified atom stereocenters. The number of allylic oxidation sites excluding steroid dienone is 4. The summed E-state index contributed by atoms with van der Waals surface area (Å²) in [5.74, 6) is 0.718. The second-order valence-corrected chi connectivity index (χ2v) is 10.5. The van der Waals surface area contributed by atoms with Crippen LogP contribution in [-0.2, 0) is 17.4 Å². The van der Waals surface area contributed by atoms with Gasteiger partial charge in [0.2, 0.25) is 12.3 Å². The third-order valence-corrected chi connectivity index (χ3v) is 7.19. The molecule has 1 saturated carbocycles. The van der Waals surface area contributed by atoms with E-state index < -0.39 is 24.0 Å². The number of carbonyl (C=O) groups is 1. The number of amides is 1. The van der Waals surface area contributed by atoms with Crippen LogP contribution in [-0.4, -0.2) is 49.2 Å². The van der Waals surface area contributed by atoms with Crippen molar-refractivity contribution in [2.45, 2.75) is 77.9 Å². The molecule has 0 bridgehead atoms. The molecule has 6 nitrogen and oxygen atoms in total. The number of unbranched alkanes of at least 4 members (excludes halogenated alkanes) is 1. The van der Waals surface area contributed by atoms with Crippen LogP contribution in [0.4, 0.5) is 27.8 Å². The standard InChI is InChI=1S/C29H42F5N5O/c1-4-19(2)13-23-20(3)24(23)15-22(39-27(40)18-37-12-8-6-10-26(30)31)17-36-11-7-5-9-21-14-25(29(32,33)34)28(35)38-16-21/h5,7,11,13-14,16,20,22-24,26,37H,4,6,8-10,12,15,17-18H2,1-3H3,(H2,35,38)(H,39,40)/b7-5-,19-13-,36-11?/t20-,22-,23?,24-/m0/s1. The molecule has 1 aromatic rings. The Morgan fingerprint density at radius 2 is 2.02 bits per heavy atom. The molecule has 1 fully saturated rings. The van der Waals surface area contributed by atoms with Gasteiger partial charge < -0.3 is 16.4 Å². The number of nitrogen functional groups attached to an aromatic ring is 1. The van der Waals surface area contributed by atoms with Crippen LogP contribution in [0.15, 0.2) is 41.1 Å². The first kappa shape index (κ1) is 33.4. The Bertz CT molecular complexity index is 1020. The van der Waals surface area contributed by atoms with Crippen molar-refractivity contribution >= 4 is 17.9 Å². The number of nitrogens with two attached hydrogens (primary N) is 1. The average molecular weight is 572 g/mol. The van der Waals surface area contributed by atoms with Gasteiger partial charge >= 0.3 is 6.18 Å². The Hall–Kier alpha value is -2.82. The normalized spacial score (nSPS) is 20.5. The molecule has 1 heterocycles. The van der Waals surface area contributed by atoms with Crippen molar-refractivity contribution in [1.29, 1.82) is 0 Å². The lowest BCUT2D eigenvalue weighted by atomic mass is 10.1. The molecule has 0 spiro atoms. The fourth-order valence-electron chi connectivity index (χ4n) is 4.58. The summed E-state index contributed by atoms with van der Waals surface area (Å²) in [4.78, 5) is 20.6. The van der Waals surface area contributed by atoms with Gasteiger partial charge in [0, 0.05) is 24.9 Å². The summed E-state index contributed by atoms with van der Waals surface area (Å²) in [6.07, 6.45) is 4.51. The minimum absolute atomic E-state index is 0.100. The molecule has 2 rings (SSSR count). The number of hydrogen-bond acceptors (Lipinski definition) is 5. The lowest BCUT2D eigenvalue weighted by Gasteiger charge is -2.17. The van der Waals surface area contributed by atoms with E-state index in [4.69, 9.17) is 5.73 Å². The van der Waals surface area contributed by atoms with Gasteiger partial charge in [-0.05, 0) is 81.0 Å². The summed E-state index contributed by atoms with van der Waals surface area (Å²) < 4.78 is 63.6. The molecule has 40 heavy (non-hydrogen) atoms. The predicted octanol–water partition coefficient (Wildman–Crippen LogP) is 5.99. The van der Waals surface area contributed by atoms with Crippen molar-refractivity contribution in [1.82, 2.24) is 15.6 Å². The Kier molecular flexibility index (Phi) is 13.7. The zero-order valence-corrected chi connectivity index (χ0v) is 23.5. The highest BCUT2D eigenvalue weighted by atomic mass is 19.4. The van der Waals surface area contributed by atoms with Gasteiger partial charge in [0.1, 0.15) is 5.82 Å². The molecule has 0 saturated heterocycles. The van der Waals surface area contributed by atoms with Gasteiger partial charge in [-0.1, -0.05) is 31.6 Å². The van der Waals surface area contributed by atoms with E-state index in [-0.39, 0.29) is 31.3 Å². The zero-order chi connectivity index (χ0) is 29.7. The van der Waals surface area contributed by atoms with Crippen molar-refractivity contribution in [3.8, 4) is 0 Å². The first-order valence-corrected chi connectivity index (χ1v) is 13.8. The topological polar surface area (TPSA) is 92.4 Å². The van der Waals surface area contributed by atoms with Crippen molar-refractivity contribution in [3.63, 3.8) is 0 Å². The van der Waals surface area contributed by atoms with Gasteiger partial charge in [-0.3, -0.25) is 9.79 Å². The number of rotatable bonds is 17. The largest absolute Gasteiger partial charge is 0.419 e. The van der Waals surface area contributed by atoms with E-state index in [1.807, 2.05) is 0 Å². The van der Waals surface area contributed by atoms with Crippen molar-refractivity contribution in [2.75, 3.05) is 25.4 Å². The number of pyridine rings is 1. The van der Waals surface area contributed by atoms with E-state index in [0.717, 1.165) is 18.9 Å². The zero-order valence-electron chi connectivity index (χ0n) is 23.5. The van der Waals surface area contributed by atoms with Gasteiger partial charge in [-0.2, -0.15) is 13.2 Å². The summed E-state index contributed by atoms with van der Waals surface area (Å²) in [7, 11) is 0. The summed E-state index contributed by atoms with van der Waals surface area (Å²) in [5, 5.41) is 6.04. The van der Waals surface area contributed by atoms with Gasteiger partial charge in [0.25, 0.3) is 0 Å². The monoisotopic (exact) mass is 571 g/mol. The first-order valence-electron chi connectivity index (χ1n) is 13.8. The second-order valence-electron chi connectivity index (χ2n) is 10.5. The first-order chi connectivity index (χ1) is 18.9. The van der Waals surface area contributed by atoms with Crippen LogP contribution in [0, 0.1) is 17.8 Å². The van der Waals surface area contributed by atoms with Gasteiger partial charge in [0.15, 0.2) is 0 Å². The highest BCUT2D eigenvalue weighted by Gasteiger charge is 2.45. The molecule has 1 aliphatic rings. The molecule has 11 heteroatoms. The number of nitrogens with zero attached hydrogens (tertiary/aromatic N) is 2. The van der Waals surface area contributed by atoms with Crippen LogP contribution in [0.2, 0.25) is 0 Å². The lowest BCUT2D eigenvalue weighted by molar-refractivity contribution is -0.137. The molecule has 0 aromatic carbocycles. The number of anilines is 1. The highest BCUT2D eigenvalue weighted by Crippen LogP contribution is 2.50. The SMILES string of the molecule is CC/C(C)=C\C1[C@@H](C[C@@H](CN=C/C=C\Cc2cnc(N)c(C(F)(F)F)c2)NC(=O)CNCCCCC(F)F)[C@H]1C. The van der Waals surface area contributed by atoms with E-state index in [2.05, 4.69) is 47.5 Å². The van der Waals surface area contributed by atoms with Crippen molar-refractivity contribution in [2.24, 2.45) is 22.7 Å². The van der Waals surface area contributed by atoms with Crippen LogP contribution in [0.25, 0.3) is 0 Å².